The number of benzene rings is 2. The van der Waals surface area contributed by atoms with Gasteiger partial charge in [0.15, 0.2) is 0 Å². The number of hydrogen-bond donors (Lipinski definition) is 4. The zero-order chi connectivity index (χ0) is 24.8. The average Bonchev–Trinajstić information content (AvgIpc) is 2.84. The molecular formula is C25H22F2N6O2. The maximum Gasteiger partial charge on any atom is 0.326 e. The van der Waals surface area contributed by atoms with Gasteiger partial charge in [0.1, 0.15) is 11.6 Å². The third-order valence-electron chi connectivity index (χ3n) is 5.20. The van der Waals surface area contributed by atoms with E-state index in [-0.39, 0.29) is 17.2 Å². The molecule has 8 nitrogen and oxygen atoms in total. The van der Waals surface area contributed by atoms with Gasteiger partial charge in [-0.1, -0.05) is 24.3 Å². The first-order valence-electron chi connectivity index (χ1n) is 10.7. The largest absolute Gasteiger partial charge is 0.331 e. The molecule has 0 spiro atoms. The second-order valence-corrected chi connectivity index (χ2v) is 7.78. The molecular weight excluding hydrogens is 454 g/mol. The molecule has 4 rings (SSSR count). The Morgan fingerprint density at radius 1 is 0.943 bits per heavy atom. The van der Waals surface area contributed by atoms with Crippen LogP contribution in [0.15, 0.2) is 71.9 Å². The van der Waals surface area contributed by atoms with Gasteiger partial charge in [-0.05, 0) is 47.4 Å². The number of aromatic amines is 1. The smallest absolute Gasteiger partial charge is 0.326 e. The first-order valence-corrected chi connectivity index (χ1v) is 10.7. The van der Waals surface area contributed by atoms with Crippen LogP contribution in [0.1, 0.15) is 16.7 Å². The number of halogens is 2. The second-order valence-electron chi connectivity index (χ2n) is 7.78. The van der Waals surface area contributed by atoms with Crippen LogP contribution in [0.2, 0.25) is 0 Å². The Kier molecular flexibility index (Phi) is 7.22. The second kappa shape index (κ2) is 10.7. The number of pyridine rings is 1. The van der Waals surface area contributed by atoms with Gasteiger partial charge in [-0.15, -0.1) is 0 Å². The highest BCUT2D eigenvalue weighted by atomic mass is 19.1. The highest BCUT2D eigenvalue weighted by Crippen LogP contribution is 2.19. The molecule has 0 aliphatic heterocycles. The van der Waals surface area contributed by atoms with E-state index >= 15 is 0 Å². The summed E-state index contributed by atoms with van der Waals surface area (Å²) in [5, 5.41) is 7.94. The van der Waals surface area contributed by atoms with Gasteiger partial charge in [0, 0.05) is 37.7 Å². The van der Waals surface area contributed by atoms with Crippen molar-refractivity contribution in [3.8, 4) is 11.1 Å². The fourth-order valence-corrected chi connectivity index (χ4v) is 3.34. The van der Waals surface area contributed by atoms with E-state index in [1.807, 2.05) is 36.4 Å². The number of aryl methyl sites for hydroxylation is 1. The molecule has 2 aromatic carbocycles. The number of carbonyl (C=O) groups excluding carboxylic acids is 1. The van der Waals surface area contributed by atoms with E-state index in [0.717, 1.165) is 11.1 Å². The van der Waals surface area contributed by atoms with Crippen molar-refractivity contribution in [2.45, 2.75) is 20.0 Å². The van der Waals surface area contributed by atoms with Crippen LogP contribution in [-0.2, 0) is 13.1 Å². The van der Waals surface area contributed by atoms with Gasteiger partial charge in [-0.3, -0.25) is 15.1 Å². The molecule has 0 saturated carbocycles. The van der Waals surface area contributed by atoms with Crippen LogP contribution in [0.5, 0.6) is 0 Å². The maximum atomic E-state index is 13.8. The fourth-order valence-electron chi connectivity index (χ4n) is 3.34. The standard InChI is InChI=1S/C25H22F2N6O2/c1-15-10-22(21(27)11-20(15)26)31-25(35)33-24-30-14-19(23(34)32-24)18-4-2-16(3-5-18)12-29-13-17-6-8-28-9-7-17/h2-11,14,29H,12-13H2,1H3,(H3,30,31,32,33,34,35). The van der Waals surface area contributed by atoms with Gasteiger partial charge in [0.2, 0.25) is 5.95 Å². The van der Waals surface area contributed by atoms with Crippen molar-refractivity contribution in [2.24, 2.45) is 0 Å². The monoisotopic (exact) mass is 476 g/mol. The number of H-pyrrole nitrogens is 1. The van der Waals surface area contributed by atoms with Gasteiger partial charge in [-0.2, -0.15) is 4.98 Å². The number of anilines is 2. The Bertz CT molecular complexity index is 1390. The summed E-state index contributed by atoms with van der Waals surface area (Å²) in [6.07, 6.45) is 4.93. The van der Waals surface area contributed by atoms with E-state index in [0.29, 0.717) is 30.3 Å². The minimum Gasteiger partial charge on any atom is -0.331 e. The molecule has 4 aromatic rings. The molecule has 4 N–H and O–H groups in total. The molecule has 35 heavy (non-hydrogen) atoms. The third kappa shape index (κ3) is 6.12. The van der Waals surface area contributed by atoms with Crippen LogP contribution in [0.3, 0.4) is 0 Å². The lowest BCUT2D eigenvalue weighted by Gasteiger charge is -2.10. The van der Waals surface area contributed by atoms with Crippen molar-refractivity contribution in [1.29, 1.82) is 0 Å². The minimum absolute atomic E-state index is 0.118. The molecule has 0 saturated heterocycles. The summed E-state index contributed by atoms with van der Waals surface area (Å²) in [6, 6.07) is 12.3. The van der Waals surface area contributed by atoms with Crippen LogP contribution in [0.25, 0.3) is 11.1 Å². The Morgan fingerprint density at radius 2 is 1.63 bits per heavy atom. The van der Waals surface area contributed by atoms with E-state index in [1.54, 1.807) is 12.4 Å². The molecule has 0 bridgehead atoms. The Balaban J connectivity index is 1.36. The predicted molar refractivity (Wildman–Crippen MR) is 129 cm³/mol. The molecule has 0 fully saturated rings. The number of aromatic nitrogens is 3. The van der Waals surface area contributed by atoms with Gasteiger partial charge in [0.05, 0.1) is 11.3 Å². The van der Waals surface area contributed by atoms with Crippen LogP contribution >= 0.6 is 0 Å². The summed E-state index contributed by atoms with van der Waals surface area (Å²) in [5.74, 6) is -1.76. The number of hydrogen-bond acceptors (Lipinski definition) is 5. The van der Waals surface area contributed by atoms with Crippen molar-refractivity contribution >= 4 is 17.7 Å². The summed E-state index contributed by atoms with van der Waals surface area (Å²) in [5.41, 5.74) is 2.60. The number of rotatable bonds is 7. The van der Waals surface area contributed by atoms with Gasteiger partial charge >= 0.3 is 6.03 Å². The van der Waals surface area contributed by atoms with E-state index in [1.165, 1.54) is 19.2 Å². The van der Waals surface area contributed by atoms with Crippen molar-refractivity contribution in [3.05, 3.63) is 106 Å². The molecule has 0 unspecified atom stereocenters. The summed E-state index contributed by atoms with van der Waals surface area (Å²) < 4.78 is 27.2. The average molecular weight is 476 g/mol. The van der Waals surface area contributed by atoms with E-state index in [2.05, 4.69) is 30.9 Å². The Labute approximate surface area is 199 Å². The first kappa shape index (κ1) is 23.7. The van der Waals surface area contributed by atoms with Crippen molar-refractivity contribution in [3.63, 3.8) is 0 Å². The van der Waals surface area contributed by atoms with Crippen molar-refractivity contribution in [1.82, 2.24) is 20.3 Å². The minimum atomic E-state index is -0.920. The first-order chi connectivity index (χ1) is 16.9. The molecule has 0 aliphatic carbocycles. The van der Waals surface area contributed by atoms with Gasteiger partial charge in [-0.25, -0.2) is 13.6 Å². The highest BCUT2D eigenvalue weighted by Gasteiger charge is 2.12. The fraction of sp³-hybridized carbons (Fsp3) is 0.120. The van der Waals surface area contributed by atoms with Gasteiger partial charge in [0.25, 0.3) is 5.56 Å². The zero-order valence-electron chi connectivity index (χ0n) is 18.7. The molecule has 2 aromatic heterocycles. The zero-order valence-corrected chi connectivity index (χ0v) is 18.7. The summed E-state index contributed by atoms with van der Waals surface area (Å²) in [4.78, 5) is 35.2. The van der Waals surface area contributed by atoms with Crippen LogP contribution in [-0.4, -0.2) is 21.0 Å². The lowest BCUT2D eigenvalue weighted by Crippen LogP contribution is -2.24. The SMILES string of the molecule is Cc1cc(NC(=O)Nc2nc(=O)c(-c3ccc(CNCc4ccncc4)cc3)c[nH]2)c(F)cc1F. The molecule has 2 heterocycles. The summed E-state index contributed by atoms with van der Waals surface area (Å²) >= 11 is 0. The van der Waals surface area contributed by atoms with Crippen molar-refractivity contribution < 1.29 is 13.6 Å². The number of nitrogens with zero attached hydrogens (tertiary/aromatic N) is 2. The molecule has 0 radical (unpaired) electrons. The number of nitrogens with one attached hydrogen (secondary N) is 4. The number of amides is 2. The Hall–Kier alpha value is -4.44. The lowest BCUT2D eigenvalue weighted by atomic mass is 10.1. The van der Waals surface area contributed by atoms with E-state index in [9.17, 15) is 18.4 Å². The summed E-state index contributed by atoms with van der Waals surface area (Å²) in [6.45, 7) is 2.81. The number of carbonyl (C=O) groups is 1. The lowest BCUT2D eigenvalue weighted by molar-refractivity contribution is 0.262. The van der Waals surface area contributed by atoms with Crippen LogP contribution in [0, 0.1) is 18.6 Å². The molecule has 0 aliphatic rings. The van der Waals surface area contributed by atoms with Gasteiger partial charge < -0.3 is 15.6 Å². The normalized spacial score (nSPS) is 10.7. The Morgan fingerprint density at radius 3 is 2.31 bits per heavy atom. The quantitative estimate of drug-likeness (QED) is 0.317. The molecule has 0 atom stereocenters. The van der Waals surface area contributed by atoms with Crippen LogP contribution in [0.4, 0.5) is 25.2 Å². The third-order valence-corrected chi connectivity index (χ3v) is 5.20. The van der Waals surface area contributed by atoms with Crippen LogP contribution < -0.4 is 21.5 Å². The van der Waals surface area contributed by atoms with Crippen molar-refractivity contribution in [2.75, 3.05) is 10.6 Å². The van der Waals surface area contributed by atoms with E-state index < -0.39 is 23.2 Å². The molecule has 2 amide bonds. The summed E-state index contributed by atoms with van der Waals surface area (Å²) in [7, 11) is 0. The van der Waals surface area contributed by atoms with E-state index in [4.69, 9.17) is 0 Å². The number of urea groups is 1. The molecule has 178 valence electrons. The predicted octanol–water partition coefficient (Wildman–Crippen LogP) is 4.35. The topological polar surface area (TPSA) is 112 Å². The highest BCUT2D eigenvalue weighted by molar-refractivity contribution is 5.98. The maximum absolute atomic E-state index is 13.8. The molecule has 10 heteroatoms.